The fourth-order valence-corrected chi connectivity index (χ4v) is 3.91. The number of rotatable bonds is 6. The second-order valence-corrected chi connectivity index (χ2v) is 6.47. The molecule has 1 unspecified atom stereocenters. The van der Waals surface area contributed by atoms with Crippen LogP contribution in [0.4, 0.5) is 0 Å². The Morgan fingerprint density at radius 1 is 1.24 bits per heavy atom. The van der Waals surface area contributed by atoms with Crippen molar-refractivity contribution < 1.29 is 0 Å². The van der Waals surface area contributed by atoms with Crippen LogP contribution in [0, 0.1) is 0 Å². The van der Waals surface area contributed by atoms with Crippen LogP contribution >= 0.6 is 0 Å². The molecule has 0 radical (unpaired) electrons. The van der Waals surface area contributed by atoms with Crippen molar-refractivity contribution in [1.82, 2.24) is 19.8 Å². The van der Waals surface area contributed by atoms with Gasteiger partial charge in [0.2, 0.25) is 0 Å². The maximum absolute atomic E-state index is 4.71. The highest BCUT2D eigenvalue weighted by molar-refractivity contribution is 5.11. The number of nitrogens with one attached hydrogen (secondary N) is 1. The topological polar surface area (TPSA) is 33.1 Å². The lowest BCUT2D eigenvalue weighted by Crippen LogP contribution is -2.54. The Hall–Kier alpha value is -0.870. The SMILES string of the molecule is CCNC(c1nccn1CC)C1(N(C)C)CCCCCC1. The van der Waals surface area contributed by atoms with Gasteiger partial charge in [-0.05, 0) is 40.4 Å². The summed E-state index contributed by atoms with van der Waals surface area (Å²) in [6, 6.07) is 0.311. The van der Waals surface area contributed by atoms with Gasteiger partial charge in [0.15, 0.2) is 0 Å². The van der Waals surface area contributed by atoms with Crippen molar-refractivity contribution in [2.75, 3.05) is 20.6 Å². The van der Waals surface area contributed by atoms with Crippen LogP contribution in [-0.4, -0.2) is 40.6 Å². The number of likely N-dealkylation sites (N-methyl/N-ethyl adjacent to an activating group) is 2. The molecule has 21 heavy (non-hydrogen) atoms. The molecule has 0 aromatic carbocycles. The smallest absolute Gasteiger partial charge is 0.127 e. The Morgan fingerprint density at radius 2 is 1.90 bits per heavy atom. The van der Waals surface area contributed by atoms with Crippen LogP contribution < -0.4 is 5.32 Å². The van der Waals surface area contributed by atoms with Crippen molar-refractivity contribution >= 4 is 0 Å². The summed E-state index contributed by atoms with van der Waals surface area (Å²) in [7, 11) is 4.49. The molecule has 0 aliphatic heterocycles. The third kappa shape index (κ3) is 3.32. The van der Waals surface area contributed by atoms with Gasteiger partial charge in [0.25, 0.3) is 0 Å². The van der Waals surface area contributed by atoms with Gasteiger partial charge in [-0.25, -0.2) is 4.98 Å². The number of aryl methyl sites for hydroxylation is 1. The van der Waals surface area contributed by atoms with Crippen LogP contribution in [-0.2, 0) is 6.54 Å². The molecule has 0 saturated heterocycles. The lowest BCUT2D eigenvalue weighted by molar-refractivity contribution is 0.0754. The first-order valence-electron chi connectivity index (χ1n) is 8.57. The minimum Gasteiger partial charge on any atom is -0.334 e. The van der Waals surface area contributed by atoms with E-state index in [0.29, 0.717) is 6.04 Å². The fourth-order valence-electron chi connectivity index (χ4n) is 3.91. The Balaban J connectivity index is 2.41. The summed E-state index contributed by atoms with van der Waals surface area (Å²) in [5.41, 5.74) is 0.185. The van der Waals surface area contributed by atoms with Gasteiger partial charge in [-0.2, -0.15) is 0 Å². The largest absolute Gasteiger partial charge is 0.334 e. The van der Waals surface area contributed by atoms with Crippen LogP contribution in [0.3, 0.4) is 0 Å². The van der Waals surface area contributed by atoms with Crippen molar-refractivity contribution in [3.8, 4) is 0 Å². The molecule has 1 atom stereocenters. The van der Waals surface area contributed by atoms with Gasteiger partial charge in [-0.1, -0.05) is 32.6 Å². The number of hydrogen-bond acceptors (Lipinski definition) is 3. The molecule has 4 heteroatoms. The highest BCUT2D eigenvalue weighted by Crippen LogP contribution is 2.40. The first-order chi connectivity index (χ1) is 10.2. The van der Waals surface area contributed by atoms with Gasteiger partial charge in [0.1, 0.15) is 5.82 Å². The van der Waals surface area contributed by atoms with E-state index in [1.54, 1.807) is 0 Å². The first-order valence-corrected chi connectivity index (χ1v) is 8.57. The van der Waals surface area contributed by atoms with E-state index < -0.39 is 0 Å². The van der Waals surface area contributed by atoms with Gasteiger partial charge in [-0.3, -0.25) is 0 Å². The van der Waals surface area contributed by atoms with E-state index >= 15 is 0 Å². The maximum atomic E-state index is 4.71. The average molecular weight is 292 g/mol. The first kappa shape index (κ1) is 16.5. The summed E-state index contributed by atoms with van der Waals surface area (Å²) in [5, 5.41) is 3.75. The van der Waals surface area contributed by atoms with Crippen molar-refractivity contribution in [2.24, 2.45) is 0 Å². The summed E-state index contributed by atoms with van der Waals surface area (Å²) in [5.74, 6) is 1.20. The number of nitrogens with zero attached hydrogens (tertiary/aromatic N) is 3. The Bertz CT molecular complexity index is 416. The van der Waals surface area contributed by atoms with Crippen LogP contribution in [0.2, 0.25) is 0 Å². The van der Waals surface area contributed by atoms with E-state index in [1.165, 1.54) is 44.3 Å². The molecule has 1 aliphatic rings. The predicted octanol–water partition coefficient (Wildman–Crippen LogP) is 3.21. The highest BCUT2D eigenvalue weighted by Gasteiger charge is 2.43. The van der Waals surface area contributed by atoms with Gasteiger partial charge in [-0.15, -0.1) is 0 Å². The van der Waals surface area contributed by atoms with Crippen LogP contribution in [0.1, 0.15) is 64.2 Å². The zero-order valence-electron chi connectivity index (χ0n) is 14.2. The molecule has 1 aromatic rings. The molecular formula is C17H32N4. The Morgan fingerprint density at radius 3 is 2.43 bits per heavy atom. The molecule has 1 aliphatic carbocycles. The monoisotopic (exact) mass is 292 g/mol. The fraction of sp³-hybridized carbons (Fsp3) is 0.824. The standard InChI is InChI=1S/C17H32N4/c1-5-18-15(16-19-13-14-21(16)6-2)17(20(3)4)11-9-7-8-10-12-17/h13-15,18H,5-12H2,1-4H3. The van der Waals surface area contributed by atoms with Crippen molar-refractivity contribution in [1.29, 1.82) is 0 Å². The second kappa shape index (κ2) is 7.41. The summed E-state index contributed by atoms with van der Waals surface area (Å²) in [6.45, 7) is 6.37. The second-order valence-electron chi connectivity index (χ2n) is 6.47. The zero-order valence-corrected chi connectivity index (χ0v) is 14.2. The molecule has 0 bridgehead atoms. The minimum absolute atomic E-state index is 0.185. The third-order valence-corrected chi connectivity index (χ3v) is 5.15. The van der Waals surface area contributed by atoms with E-state index in [9.17, 15) is 0 Å². The molecule has 1 heterocycles. The van der Waals surface area contributed by atoms with E-state index in [0.717, 1.165) is 13.1 Å². The summed E-state index contributed by atoms with van der Waals surface area (Å²) in [4.78, 5) is 7.17. The molecule has 1 fully saturated rings. The van der Waals surface area contributed by atoms with Gasteiger partial charge in [0, 0.05) is 24.5 Å². The molecular weight excluding hydrogens is 260 g/mol. The Labute approximate surface area is 129 Å². The molecule has 120 valence electrons. The lowest BCUT2D eigenvalue weighted by atomic mass is 9.80. The number of imidazole rings is 1. The Kier molecular flexibility index (Phi) is 5.82. The highest BCUT2D eigenvalue weighted by atomic mass is 15.2. The van der Waals surface area contributed by atoms with Gasteiger partial charge >= 0.3 is 0 Å². The maximum Gasteiger partial charge on any atom is 0.127 e. The van der Waals surface area contributed by atoms with Crippen molar-refractivity contribution in [3.63, 3.8) is 0 Å². The predicted molar refractivity (Wildman–Crippen MR) is 88.4 cm³/mol. The molecule has 1 N–H and O–H groups in total. The molecule has 4 nitrogen and oxygen atoms in total. The lowest BCUT2D eigenvalue weighted by Gasteiger charge is -2.46. The molecule has 1 aromatic heterocycles. The molecule has 0 amide bonds. The minimum atomic E-state index is 0.185. The van der Waals surface area contributed by atoms with E-state index in [1.807, 2.05) is 6.20 Å². The van der Waals surface area contributed by atoms with Crippen molar-refractivity contribution in [3.05, 3.63) is 18.2 Å². The molecule has 2 rings (SSSR count). The zero-order chi connectivity index (χ0) is 15.3. The summed E-state index contributed by atoms with van der Waals surface area (Å²) < 4.78 is 2.30. The van der Waals surface area contributed by atoms with E-state index in [4.69, 9.17) is 4.98 Å². The van der Waals surface area contributed by atoms with Crippen LogP contribution in [0.15, 0.2) is 12.4 Å². The third-order valence-electron chi connectivity index (χ3n) is 5.15. The molecule has 0 spiro atoms. The summed E-state index contributed by atoms with van der Waals surface area (Å²) >= 11 is 0. The quantitative estimate of drug-likeness (QED) is 0.817. The summed E-state index contributed by atoms with van der Waals surface area (Å²) in [6.07, 6.45) is 12.0. The number of hydrogen-bond donors (Lipinski definition) is 1. The normalized spacial score (nSPS) is 20.4. The van der Waals surface area contributed by atoms with Crippen LogP contribution in [0.25, 0.3) is 0 Å². The van der Waals surface area contributed by atoms with Gasteiger partial charge < -0.3 is 14.8 Å². The van der Waals surface area contributed by atoms with E-state index in [2.05, 4.69) is 48.9 Å². The van der Waals surface area contributed by atoms with Crippen molar-refractivity contribution in [2.45, 2.75) is 70.5 Å². The van der Waals surface area contributed by atoms with Gasteiger partial charge in [0.05, 0.1) is 6.04 Å². The molecule has 1 saturated carbocycles. The van der Waals surface area contributed by atoms with Crippen LogP contribution in [0.5, 0.6) is 0 Å². The number of aromatic nitrogens is 2. The van der Waals surface area contributed by atoms with E-state index in [-0.39, 0.29) is 5.54 Å². The average Bonchev–Trinajstić information content (AvgIpc) is 2.80.